The van der Waals surface area contributed by atoms with Gasteiger partial charge in [0.2, 0.25) is 0 Å². The molecule has 3 nitrogen and oxygen atoms in total. The number of nitrogen functional groups attached to an aromatic ring is 1. The molecule has 0 amide bonds. The minimum Gasteiger partial charge on any atom is -0.397 e. The van der Waals surface area contributed by atoms with Crippen LogP contribution in [0.2, 0.25) is 0 Å². The average molecular weight is 247 g/mol. The molecule has 1 saturated heterocycles. The molecule has 0 bridgehead atoms. The topological polar surface area (TPSA) is 42.2 Å². The standard InChI is InChI=1S/C13H17N3S/c1-8-4-3-5-16(8)12-7-11-13(6-10(12)14)17-9(2)15-11/h6-8H,3-5,14H2,1-2H3. The van der Waals surface area contributed by atoms with Gasteiger partial charge < -0.3 is 10.6 Å². The van der Waals surface area contributed by atoms with E-state index < -0.39 is 0 Å². The van der Waals surface area contributed by atoms with Gasteiger partial charge in [0.05, 0.1) is 26.6 Å². The molecular weight excluding hydrogens is 230 g/mol. The van der Waals surface area contributed by atoms with Crippen molar-refractivity contribution in [3.05, 3.63) is 17.1 Å². The van der Waals surface area contributed by atoms with Crippen molar-refractivity contribution in [3.63, 3.8) is 0 Å². The number of benzene rings is 1. The average Bonchev–Trinajstić information content (AvgIpc) is 2.82. The highest BCUT2D eigenvalue weighted by molar-refractivity contribution is 7.18. The van der Waals surface area contributed by atoms with Gasteiger partial charge in [-0.2, -0.15) is 0 Å². The maximum atomic E-state index is 6.18. The maximum Gasteiger partial charge on any atom is 0.0907 e. The van der Waals surface area contributed by atoms with Crippen LogP contribution < -0.4 is 10.6 Å². The minimum atomic E-state index is 0.592. The molecule has 1 aliphatic heterocycles. The second-order valence-corrected chi connectivity index (χ2v) is 6.03. The molecule has 90 valence electrons. The van der Waals surface area contributed by atoms with Crippen LogP contribution in [0.1, 0.15) is 24.8 Å². The summed E-state index contributed by atoms with van der Waals surface area (Å²) in [6, 6.07) is 4.81. The van der Waals surface area contributed by atoms with E-state index in [2.05, 4.69) is 28.9 Å². The smallest absolute Gasteiger partial charge is 0.0907 e. The van der Waals surface area contributed by atoms with E-state index in [-0.39, 0.29) is 0 Å². The molecule has 2 N–H and O–H groups in total. The zero-order chi connectivity index (χ0) is 12.0. The number of hydrogen-bond acceptors (Lipinski definition) is 4. The summed E-state index contributed by atoms with van der Waals surface area (Å²) in [5, 5.41) is 1.10. The van der Waals surface area contributed by atoms with Gasteiger partial charge in [-0.3, -0.25) is 0 Å². The molecule has 2 heterocycles. The first-order valence-electron chi connectivity index (χ1n) is 6.08. The molecule has 0 aliphatic carbocycles. The van der Waals surface area contributed by atoms with Crippen molar-refractivity contribution in [1.82, 2.24) is 4.98 Å². The van der Waals surface area contributed by atoms with Crippen molar-refractivity contribution < 1.29 is 0 Å². The first-order chi connectivity index (χ1) is 8.15. The first-order valence-corrected chi connectivity index (χ1v) is 6.90. The van der Waals surface area contributed by atoms with Crippen LogP contribution in [-0.2, 0) is 0 Å². The maximum absolute atomic E-state index is 6.18. The molecule has 0 saturated carbocycles. The van der Waals surface area contributed by atoms with Gasteiger partial charge in [-0.1, -0.05) is 0 Å². The Bertz CT molecular complexity index is 561. The highest BCUT2D eigenvalue weighted by atomic mass is 32.1. The molecule has 3 rings (SSSR count). The fourth-order valence-electron chi connectivity index (χ4n) is 2.63. The molecule has 0 spiro atoms. The Morgan fingerprint density at radius 2 is 2.29 bits per heavy atom. The largest absolute Gasteiger partial charge is 0.397 e. The van der Waals surface area contributed by atoms with Crippen molar-refractivity contribution in [2.45, 2.75) is 32.7 Å². The Balaban J connectivity index is 2.12. The van der Waals surface area contributed by atoms with Crippen LogP contribution in [0.15, 0.2) is 12.1 Å². The van der Waals surface area contributed by atoms with E-state index in [1.807, 2.05) is 6.92 Å². The van der Waals surface area contributed by atoms with Crippen molar-refractivity contribution in [1.29, 1.82) is 0 Å². The molecule has 17 heavy (non-hydrogen) atoms. The highest BCUT2D eigenvalue weighted by Crippen LogP contribution is 2.35. The van der Waals surface area contributed by atoms with Crippen LogP contribution in [0.25, 0.3) is 10.2 Å². The van der Waals surface area contributed by atoms with Crippen LogP contribution in [0.5, 0.6) is 0 Å². The molecule has 4 heteroatoms. The molecule has 1 unspecified atom stereocenters. The summed E-state index contributed by atoms with van der Waals surface area (Å²) < 4.78 is 1.19. The second kappa shape index (κ2) is 3.88. The van der Waals surface area contributed by atoms with Gasteiger partial charge in [0, 0.05) is 12.6 Å². The number of aromatic nitrogens is 1. The van der Waals surface area contributed by atoms with Gasteiger partial charge in [0.1, 0.15) is 0 Å². The van der Waals surface area contributed by atoms with Crippen molar-refractivity contribution in [2.24, 2.45) is 0 Å². The third-order valence-electron chi connectivity index (χ3n) is 3.51. The summed E-state index contributed by atoms with van der Waals surface area (Å²) in [4.78, 5) is 6.95. The predicted octanol–water partition coefficient (Wildman–Crippen LogP) is 3.18. The van der Waals surface area contributed by atoms with Crippen LogP contribution >= 0.6 is 11.3 Å². The van der Waals surface area contributed by atoms with E-state index in [0.717, 1.165) is 28.4 Å². The molecular formula is C13H17N3S. The molecule has 1 atom stereocenters. The lowest BCUT2D eigenvalue weighted by Crippen LogP contribution is -2.27. The van der Waals surface area contributed by atoms with Crippen LogP contribution in [0, 0.1) is 6.92 Å². The van der Waals surface area contributed by atoms with Gasteiger partial charge in [0.25, 0.3) is 0 Å². The molecule has 1 aromatic heterocycles. The zero-order valence-corrected chi connectivity index (χ0v) is 11.0. The quantitative estimate of drug-likeness (QED) is 0.787. The number of nitrogens with two attached hydrogens (primary N) is 1. The van der Waals surface area contributed by atoms with Gasteiger partial charge in [0.15, 0.2) is 0 Å². The summed E-state index contributed by atoms with van der Waals surface area (Å²) in [6.45, 7) is 5.42. The number of nitrogens with zero attached hydrogens (tertiary/aromatic N) is 2. The third-order valence-corrected chi connectivity index (χ3v) is 4.44. The fraction of sp³-hybridized carbons (Fsp3) is 0.462. The van der Waals surface area contributed by atoms with Crippen molar-refractivity contribution in [3.8, 4) is 0 Å². The lowest BCUT2D eigenvalue weighted by Gasteiger charge is -2.25. The van der Waals surface area contributed by atoms with Crippen LogP contribution in [0.3, 0.4) is 0 Å². The number of anilines is 2. The Labute approximate surface area is 105 Å². The van der Waals surface area contributed by atoms with Crippen LogP contribution in [0.4, 0.5) is 11.4 Å². The summed E-state index contributed by atoms with van der Waals surface area (Å²) in [6.07, 6.45) is 2.52. The minimum absolute atomic E-state index is 0.592. The molecule has 1 aliphatic rings. The fourth-order valence-corrected chi connectivity index (χ4v) is 3.49. The summed E-state index contributed by atoms with van der Waals surface area (Å²) in [5.41, 5.74) is 9.30. The van der Waals surface area contributed by atoms with E-state index in [0.29, 0.717) is 6.04 Å². The van der Waals surface area contributed by atoms with E-state index in [9.17, 15) is 0 Å². The number of rotatable bonds is 1. The van der Waals surface area contributed by atoms with Crippen molar-refractivity contribution >= 4 is 32.9 Å². The van der Waals surface area contributed by atoms with Gasteiger partial charge in [-0.15, -0.1) is 11.3 Å². The lowest BCUT2D eigenvalue weighted by atomic mass is 10.2. The van der Waals surface area contributed by atoms with Gasteiger partial charge in [-0.25, -0.2) is 4.98 Å². The summed E-state index contributed by atoms with van der Waals surface area (Å²) in [7, 11) is 0. The van der Waals surface area contributed by atoms with Crippen LogP contribution in [-0.4, -0.2) is 17.6 Å². The first kappa shape index (κ1) is 10.8. The molecule has 2 aromatic rings. The summed E-state index contributed by atoms with van der Waals surface area (Å²) >= 11 is 1.71. The number of fused-ring (bicyclic) bond motifs is 1. The molecule has 1 fully saturated rings. The molecule has 1 aromatic carbocycles. The zero-order valence-electron chi connectivity index (χ0n) is 10.2. The van der Waals surface area contributed by atoms with Gasteiger partial charge >= 0.3 is 0 Å². The van der Waals surface area contributed by atoms with E-state index >= 15 is 0 Å². The van der Waals surface area contributed by atoms with E-state index in [1.165, 1.54) is 17.5 Å². The SMILES string of the molecule is Cc1nc2cc(N3CCCC3C)c(N)cc2s1. The Hall–Kier alpha value is -1.29. The van der Waals surface area contributed by atoms with Crippen molar-refractivity contribution in [2.75, 3.05) is 17.2 Å². The number of thiazole rings is 1. The second-order valence-electron chi connectivity index (χ2n) is 4.80. The highest BCUT2D eigenvalue weighted by Gasteiger charge is 2.22. The lowest BCUT2D eigenvalue weighted by molar-refractivity contribution is 0.736. The Morgan fingerprint density at radius 1 is 1.47 bits per heavy atom. The summed E-state index contributed by atoms with van der Waals surface area (Å²) in [5.74, 6) is 0. The van der Waals surface area contributed by atoms with Gasteiger partial charge in [-0.05, 0) is 38.8 Å². The Kier molecular flexibility index (Phi) is 2.47. The number of hydrogen-bond donors (Lipinski definition) is 1. The number of aryl methyl sites for hydroxylation is 1. The predicted molar refractivity (Wildman–Crippen MR) is 74.8 cm³/mol. The molecule has 0 radical (unpaired) electrons. The van der Waals surface area contributed by atoms with E-state index in [1.54, 1.807) is 11.3 Å². The van der Waals surface area contributed by atoms with E-state index in [4.69, 9.17) is 5.73 Å². The monoisotopic (exact) mass is 247 g/mol. The Morgan fingerprint density at radius 3 is 3.00 bits per heavy atom. The third kappa shape index (κ3) is 1.76. The normalized spacial score (nSPS) is 20.4.